The van der Waals surface area contributed by atoms with Crippen LogP contribution in [0.2, 0.25) is 0 Å². The summed E-state index contributed by atoms with van der Waals surface area (Å²) in [6.45, 7) is 5.81. The van der Waals surface area contributed by atoms with E-state index >= 15 is 0 Å². The summed E-state index contributed by atoms with van der Waals surface area (Å²) in [6.07, 6.45) is 1.15. The van der Waals surface area contributed by atoms with Crippen LogP contribution in [-0.4, -0.2) is 31.6 Å². The van der Waals surface area contributed by atoms with Crippen molar-refractivity contribution >= 4 is 15.6 Å². The highest BCUT2D eigenvalue weighted by atomic mass is 32.2. The molecule has 1 heterocycles. The molecule has 0 saturated heterocycles. The highest BCUT2D eigenvalue weighted by Crippen LogP contribution is 2.22. The lowest BCUT2D eigenvalue weighted by molar-refractivity contribution is 0.0921. The van der Waals surface area contributed by atoms with Crippen LogP contribution in [0.25, 0.3) is 5.69 Å². The maximum atomic E-state index is 12.7. The smallest absolute Gasteiger partial charge is 0.202 e. The fraction of sp³-hybridized carbons (Fsp3) is 0.227. The molecule has 0 radical (unpaired) electrons. The zero-order valence-corrected chi connectivity index (χ0v) is 17.2. The van der Waals surface area contributed by atoms with E-state index < -0.39 is 9.84 Å². The van der Waals surface area contributed by atoms with Crippen LogP contribution in [0.1, 0.15) is 27.3 Å². The summed E-state index contributed by atoms with van der Waals surface area (Å²) in [6, 6.07) is 16.0. The Labute approximate surface area is 165 Å². The van der Waals surface area contributed by atoms with E-state index in [0.717, 1.165) is 28.9 Å². The first-order valence-corrected chi connectivity index (χ1v) is 10.8. The average molecular weight is 397 g/mol. The summed E-state index contributed by atoms with van der Waals surface area (Å²) in [7, 11) is -3.26. The number of rotatable bonds is 6. The molecular formula is C22H23NO4S. The van der Waals surface area contributed by atoms with E-state index in [9.17, 15) is 13.2 Å². The van der Waals surface area contributed by atoms with Crippen molar-refractivity contribution in [1.29, 1.82) is 0 Å². The van der Waals surface area contributed by atoms with Crippen molar-refractivity contribution in [2.75, 3.05) is 12.9 Å². The van der Waals surface area contributed by atoms with Crippen LogP contribution < -0.4 is 4.74 Å². The molecule has 0 bridgehead atoms. The van der Waals surface area contributed by atoms with E-state index in [0.29, 0.717) is 11.3 Å². The summed E-state index contributed by atoms with van der Waals surface area (Å²) in [4.78, 5) is 12.9. The third kappa shape index (κ3) is 4.17. The Kier molecular flexibility index (Phi) is 5.42. The number of hydrogen-bond donors (Lipinski definition) is 0. The zero-order chi connectivity index (χ0) is 20.5. The summed E-state index contributed by atoms with van der Waals surface area (Å²) in [5, 5.41) is 0. The van der Waals surface area contributed by atoms with Gasteiger partial charge in [0.2, 0.25) is 5.78 Å². The Morgan fingerprint density at radius 1 is 1.00 bits per heavy atom. The first kappa shape index (κ1) is 19.9. The molecule has 0 N–H and O–H groups in total. The van der Waals surface area contributed by atoms with Gasteiger partial charge in [-0.25, -0.2) is 8.42 Å². The maximum absolute atomic E-state index is 12.7. The van der Waals surface area contributed by atoms with Gasteiger partial charge in [0.25, 0.3) is 0 Å². The Balaban J connectivity index is 1.77. The van der Waals surface area contributed by atoms with Crippen LogP contribution in [0.15, 0.2) is 59.5 Å². The quantitative estimate of drug-likeness (QED) is 0.588. The van der Waals surface area contributed by atoms with Gasteiger partial charge in [-0.1, -0.05) is 12.1 Å². The van der Waals surface area contributed by atoms with Gasteiger partial charge in [0, 0.05) is 28.9 Å². The second kappa shape index (κ2) is 7.64. The van der Waals surface area contributed by atoms with Gasteiger partial charge in [-0.3, -0.25) is 4.79 Å². The Hall–Kier alpha value is -2.86. The number of hydrogen-bond acceptors (Lipinski definition) is 4. The normalized spacial score (nSPS) is 11.4. The number of carbonyl (C=O) groups excluding carboxylic acids is 1. The van der Waals surface area contributed by atoms with Gasteiger partial charge >= 0.3 is 0 Å². The van der Waals surface area contributed by atoms with Gasteiger partial charge in [-0.15, -0.1) is 0 Å². The van der Waals surface area contributed by atoms with Gasteiger partial charge in [0.1, 0.15) is 5.75 Å². The lowest BCUT2D eigenvalue weighted by Gasteiger charge is -2.11. The van der Waals surface area contributed by atoms with Gasteiger partial charge < -0.3 is 9.30 Å². The first-order chi connectivity index (χ1) is 13.2. The van der Waals surface area contributed by atoms with E-state index in [2.05, 4.69) is 10.6 Å². The number of carbonyl (C=O) groups is 1. The molecule has 6 heteroatoms. The molecule has 0 aliphatic rings. The fourth-order valence-corrected chi connectivity index (χ4v) is 3.85. The molecule has 0 aliphatic heterocycles. The molecular weight excluding hydrogens is 374 g/mol. The van der Waals surface area contributed by atoms with Crippen LogP contribution in [0.4, 0.5) is 0 Å². The molecule has 0 atom stereocenters. The summed E-state index contributed by atoms with van der Waals surface area (Å²) >= 11 is 0. The van der Waals surface area contributed by atoms with E-state index in [1.54, 1.807) is 12.1 Å². The highest BCUT2D eigenvalue weighted by molar-refractivity contribution is 7.90. The molecule has 0 spiro atoms. The molecule has 3 rings (SSSR count). The van der Waals surface area contributed by atoms with Crippen LogP contribution in [0, 0.1) is 20.8 Å². The highest BCUT2D eigenvalue weighted by Gasteiger charge is 2.17. The predicted molar refractivity (Wildman–Crippen MR) is 109 cm³/mol. The molecule has 1 aromatic heterocycles. The van der Waals surface area contributed by atoms with Gasteiger partial charge in [-0.2, -0.15) is 0 Å². The Morgan fingerprint density at radius 3 is 2.29 bits per heavy atom. The minimum Gasteiger partial charge on any atom is -0.485 e. The molecule has 0 unspecified atom stereocenters. The summed E-state index contributed by atoms with van der Waals surface area (Å²) < 4.78 is 30.6. The second-order valence-corrected chi connectivity index (χ2v) is 8.93. The van der Waals surface area contributed by atoms with Gasteiger partial charge in [0.15, 0.2) is 16.4 Å². The predicted octanol–water partition coefficient (Wildman–Crippen LogP) is 4.07. The van der Waals surface area contributed by atoms with Gasteiger partial charge in [-0.05, 0) is 68.8 Å². The lowest BCUT2D eigenvalue weighted by atomic mass is 10.1. The maximum Gasteiger partial charge on any atom is 0.202 e. The van der Waals surface area contributed by atoms with Crippen molar-refractivity contribution in [3.63, 3.8) is 0 Å². The van der Waals surface area contributed by atoms with Crippen molar-refractivity contribution in [3.8, 4) is 11.4 Å². The number of aryl methyl sites for hydroxylation is 2. The van der Waals surface area contributed by atoms with Gasteiger partial charge in [0.05, 0.1) is 4.90 Å². The molecule has 0 saturated carbocycles. The topological polar surface area (TPSA) is 65.4 Å². The standard InChI is InChI=1S/C22H23NO4S/c1-15-6-5-7-18(12-15)23-16(2)13-21(17(23)3)22(24)14-27-19-8-10-20(11-9-19)28(4,25)26/h5-13H,14H2,1-4H3. The number of ether oxygens (including phenoxy) is 1. The van der Waals surface area contributed by atoms with E-state index in [-0.39, 0.29) is 17.3 Å². The van der Waals surface area contributed by atoms with E-state index in [4.69, 9.17) is 4.74 Å². The fourth-order valence-electron chi connectivity index (χ4n) is 3.22. The largest absolute Gasteiger partial charge is 0.485 e. The van der Waals surface area contributed by atoms with Crippen molar-refractivity contribution < 1.29 is 17.9 Å². The number of aromatic nitrogens is 1. The molecule has 0 aliphatic carbocycles. The molecule has 5 nitrogen and oxygen atoms in total. The third-order valence-electron chi connectivity index (χ3n) is 4.61. The first-order valence-electron chi connectivity index (χ1n) is 8.89. The van der Waals surface area contributed by atoms with Crippen molar-refractivity contribution in [2.45, 2.75) is 25.7 Å². The van der Waals surface area contributed by atoms with E-state index in [1.165, 1.54) is 12.1 Å². The van der Waals surface area contributed by atoms with Crippen molar-refractivity contribution in [3.05, 3.63) is 77.1 Å². The number of benzene rings is 2. The van der Waals surface area contributed by atoms with Crippen molar-refractivity contribution in [1.82, 2.24) is 4.57 Å². The minimum absolute atomic E-state index is 0.115. The molecule has 0 amide bonds. The Morgan fingerprint density at radius 2 is 1.68 bits per heavy atom. The minimum atomic E-state index is -3.26. The van der Waals surface area contributed by atoms with Crippen LogP contribution in [0.5, 0.6) is 5.75 Å². The molecule has 28 heavy (non-hydrogen) atoms. The SMILES string of the molecule is Cc1cccc(-n2c(C)cc(C(=O)COc3ccc(S(C)(=O)=O)cc3)c2C)c1. The molecule has 146 valence electrons. The molecule has 3 aromatic rings. The Bertz CT molecular complexity index is 1130. The summed E-state index contributed by atoms with van der Waals surface area (Å²) in [5.74, 6) is 0.326. The van der Waals surface area contributed by atoms with E-state index in [1.807, 2.05) is 45.0 Å². The second-order valence-electron chi connectivity index (χ2n) is 6.91. The van der Waals surface area contributed by atoms with Crippen LogP contribution in [-0.2, 0) is 9.84 Å². The third-order valence-corrected chi connectivity index (χ3v) is 5.74. The number of sulfone groups is 1. The van der Waals surface area contributed by atoms with Crippen LogP contribution in [0.3, 0.4) is 0 Å². The molecule has 0 fully saturated rings. The number of Topliss-reactive ketones (excluding diaryl/α,β-unsaturated/α-hetero) is 1. The van der Waals surface area contributed by atoms with Crippen LogP contribution >= 0.6 is 0 Å². The molecule has 2 aromatic carbocycles. The number of ketones is 1. The number of nitrogens with zero attached hydrogens (tertiary/aromatic N) is 1. The lowest BCUT2D eigenvalue weighted by Crippen LogP contribution is -2.13. The summed E-state index contributed by atoms with van der Waals surface area (Å²) in [5.41, 5.74) is 4.63. The zero-order valence-electron chi connectivity index (χ0n) is 16.4. The average Bonchev–Trinajstić information content (AvgIpc) is 2.93. The van der Waals surface area contributed by atoms with Crippen molar-refractivity contribution in [2.24, 2.45) is 0 Å². The monoisotopic (exact) mass is 397 g/mol.